The molecule has 0 fully saturated rings. The summed E-state index contributed by atoms with van der Waals surface area (Å²) in [5.74, 6) is 0.489. The second kappa shape index (κ2) is 6.50. The van der Waals surface area contributed by atoms with Crippen molar-refractivity contribution in [1.29, 1.82) is 0 Å². The molecule has 0 aliphatic carbocycles. The summed E-state index contributed by atoms with van der Waals surface area (Å²) in [4.78, 5) is 11.7. The SMILES string of the molecule is CC[C@H](C)NC(=O)[C@H](C)Oc1cccc(Cl)c1. The summed E-state index contributed by atoms with van der Waals surface area (Å²) in [5.41, 5.74) is 0. The van der Waals surface area contributed by atoms with E-state index in [1.54, 1.807) is 31.2 Å². The summed E-state index contributed by atoms with van der Waals surface area (Å²) < 4.78 is 5.51. The number of carbonyl (C=O) groups excluding carboxylic acids is 1. The smallest absolute Gasteiger partial charge is 0.260 e. The number of nitrogens with one attached hydrogen (secondary N) is 1. The third kappa shape index (κ3) is 4.65. The maximum atomic E-state index is 11.7. The average molecular weight is 256 g/mol. The second-order valence-corrected chi connectivity index (χ2v) is 4.47. The van der Waals surface area contributed by atoms with E-state index in [1.807, 2.05) is 13.8 Å². The lowest BCUT2D eigenvalue weighted by atomic mass is 10.2. The molecule has 0 radical (unpaired) electrons. The van der Waals surface area contributed by atoms with Crippen molar-refractivity contribution in [3.63, 3.8) is 0 Å². The molecule has 1 N–H and O–H groups in total. The monoisotopic (exact) mass is 255 g/mol. The van der Waals surface area contributed by atoms with Gasteiger partial charge < -0.3 is 10.1 Å². The maximum absolute atomic E-state index is 11.7. The van der Waals surface area contributed by atoms with E-state index in [1.165, 1.54) is 0 Å². The molecule has 1 aromatic rings. The molecule has 0 unspecified atom stereocenters. The molecule has 0 saturated heterocycles. The molecular formula is C13H18ClNO2. The molecule has 0 aliphatic rings. The Bertz CT molecular complexity index is 381. The van der Waals surface area contributed by atoms with Crippen molar-refractivity contribution in [2.45, 2.75) is 39.3 Å². The molecule has 94 valence electrons. The lowest BCUT2D eigenvalue weighted by Gasteiger charge is -2.17. The third-order valence-electron chi connectivity index (χ3n) is 2.48. The number of hydrogen-bond donors (Lipinski definition) is 1. The second-order valence-electron chi connectivity index (χ2n) is 4.04. The van der Waals surface area contributed by atoms with E-state index in [4.69, 9.17) is 16.3 Å². The lowest BCUT2D eigenvalue weighted by molar-refractivity contribution is -0.127. The van der Waals surface area contributed by atoms with Crippen LogP contribution >= 0.6 is 11.6 Å². The molecule has 0 bridgehead atoms. The Balaban J connectivity index is 2.54. The minimum absolute atomic E-state index is 0.112. The van der Waals surface area contributed by atoms with Crippen molar-refractivity contribution in [3.8, 4) is 5.75 Å². The van der Waals surface area contributed by atoms with Gasteiger partial charge in [0.1, 0.15) is 5.75 Å². The zero-order chi connectivity index (χ0) is 12.8. The highest BCUT2D eigenvalue weighted by Crippen LogP contribution is 2.18. The topological polar surface area (TPSA) is 38.3 Å². The molecule has 0 saturated carbocycles. The molecule has 4 heteroatoms. The number of rotatable bonds is 5. The van der Waals surface area contributed by atoms with Gasteiger partial charge in [0.2, 0.25) is 0 Å². The Morgan fingerprint density at radius 2 is 2.18 bits per heavy atom. The normalized spacial score (nSPS) is 13.9. The van der Waals surface area contributed by atoms with Crippen LogP contribution < -0.4 is 10.1 Å². The van der Waals surface area contributed by atoms with Crippen LogP contribution in [0.15, 0.2) is 24.3 Å². The average Bonchev–Trinajstić information content (AvgIpc) is 2.28. The van der Waals surface area contributed by atoms with Crippen LogP contribution in [-0.4, -0.2) is 18.1 Å². The molecule has 1 rings (SSSR count). The van der Waals surface area contributed by atoms with Gasteiger partial charge in [0.25, 0.3) is 5.91 Å². The maximum Gasteiger partial charge on any atom is 0.260 e. The van der Waals surface area contributed by atoms with Gasteiger partial charge in [0, 0.05) is 11.1 Å². The van der Waals surface area contributed by atoms with Crippen LogP contribution in [0.25, 0.3) is 0 Å². The summed E-state index contributed by atoms with van der Waals surface area (Å²) in [6.07, 6.45) is 0.373. The van der Waals surface area contributed by atoms with Crippen molar-refractivity contribution in [2.24, 2.45) is 0 Å². The first kappa shape index (κ1) is 13.8. The Morgan fingerprint density at radius 3 is 2.76 bits per heavy atom. The van der Waals surface area contributed by atoms with Gasteiger partial charge in [-0.25, -0.2) is 0 Å². The van der Waals surface area contributed by atoms with Crippen LogP contribution in [0.5, 0.6) is 5.75 Å². The van der Waals surface area contributed by atoms with Crippen molar-refractivity contribution in [3.05, 3.63) is 29.3 Å². The van der Waals surface area contributed by atoms with Crippen LogP contribution in [0.1, 0.15) is 27.2 Å². The van der Waals surface area contributed by atoms with Gasteiger partial charge in [0.15, 0.2) is 6.10 Å². The first-order valence-electron chi connectivity index (χ1n) is 5.75. The molecule has 0 aromatic heterocycles. The molecule has 0 aliphatic heterocycles. The molecular weight excluding hydrogens is 238 g/mol. The van der Waals surface area contributed by atoms with E-state index in [-0.39, 0.29) is 11.9 Å². The van der Waals surface area contributed by atoms with E-state index in [2.05, 4.69) is 5.32 Å². The van der Waals surface area contributed by atoms with Gasteiger partial charge in [-0.15, -0.1) is 0 Å². The van der Waals surface area contributed by atoms with Gasteiger partial charge in [0.05, 0.1) is 0 Å². The fraction of sp³-hybridized carbons (Fsp3) is 0.462. The number of amides is 1. The van der Waals surface area contributed by atoms with Crippen LogP contribution in [0.4, 0.5) is 0 Å². The minimum atomic E-state index is -0.525. The Kier molecular flexibility index (Phi) is 5.29. The summed E-state index contributed by atoms with van der Waals surface area (Å²) in [6.45, 7) is 5.70. The highest BCUT2D eigenvalue weighted by molar-refractivity contribution is 6.30. The fourth-order valence-electron chi connectivity index (χ4n) is 1.26. The summed E-state index contributed by atoms with van der Waals surface area (Å²) in [5, 5.41) is 3.46. The Hall–Kier alpha value is -1.22. The number of hydrogen-bond acceptors (Lipinski definition) is 2. The van der Waals surface area contributed by atoms with Crippen LogP contribution in [0.2, 0.25) is 5.02 Å². The van der Waals surface area contributed by atoms with Gasteiger partial charge in [-0.3, -0.25) is 4.79 Å². The zero-order valence-electron chi connectivity index (χ0n) is 10.4. The summed E-state index contributed by atoms with van der Waals surface area (Å²) >= 11 is 5.83. The van der Waals surface area contributed by atoms with Gasteiger partial charge in [-0.1, -0.05) is 24.6 Å². The van der Waals surface area contributed by atoms with Crippen molar-refractivity contribution < 1.29 is 9.53 Å². The van der Waals surface area contributed by atoms with E-state index < -0.39 is 6.10 Å². The molecule has 1 amide bonds. The van der Waals surface area contributed by atoms with Gasteiger partial charge >= 0.3 is 0 Å². The first-order chi connectivity index (χ1) is 8.02. The van der Waals surface area contributed by atoms with Crippen LogP contribution in [0.3, 0.4) is 0 Å². The van der Waals surface area contributed by atoms with Gasteiger partial charge in [-0.2, -0.15) is 0 Å². The number of halogens is 1. The van der Waals surface area contributed by atoms with E-state index >= 15 is 0 Å². The first-order valence-corrected chi connectivity index (χ1v) is 6.13. The molecule has 0 spiro atoms. The van der Waals surface area contributed by atoms with Crippen molar-refractivity contribution in [2.75, 3.05) is 0 Å². The Labute approximate surface area is 107 Å². The largest absolute Gasteiger partial charge is 0.481 e. The summed E-state index contributed by atoms with van der Waals surface area (Å²) in [6, 6.07) is 7.18. The molecule has 2 atom stereocenters. The molecule has 17 heavy (non-hydrogen) atoms. The fourth-order valence-corrected chi connectivity index (χ4v) is 1.44. The van der Waals surface area contributed by atoms with E-state index in [9.17, 15) is 4.79 Å². The minimum Gasteiger partial charge on any atom is -0.481 e. The number of ether oxygens (including phenoxy) is 1. The Morgan fingerprint density at radius 1 is 1.47 bits per heavy atom. The van der Waals surface area contributed by atoms with Gasteiger partial charge in [-0.05, 0) is 38.5 Å². The van der Waals surface area contributed by atoms with E-state index in [0.717, 1.165) is 6.42 Å². The standard InChI is InChI=1S/C13H18ClNO2/c1-4-9(2)15-13(16)10(3)17-12-7-5-6-11(14)8-12/h5-10H,4H2,1-3H3,(H,15,16)/t9-,10-/m0/s1. The van der Waals surface area contributed by atoms with Crippen molar-refractivity contribution in [1.82, 2.24) is 5.32 Å². The molecule has 1 aromatic carbocycles. The number of carbonyl (C=O) groups is 1. The van der Waals surface area contributed by atoms with Crippen LogP contribution in [0, 0.1) is 0 Å². The van der Waals surface area contributed by atoms with E-state index in [0.29, 0.717) is 10.8 Å². The zero-order valence-corrected chi connectivity index (χ0v) is 11.1. The quantitative estimate of drug-likeness (QED) is 0.878. The van der Waals surface area contributed by atoms with Crippen LogP contribution in [-0.2, 0) is 4.79 Å². The molecule has 0 heterocycles. The third-order valence-corrected chi connectivity index (χ3v) is 2.71. The predicted molar refractivity (Wildman–Crippen MR) is 69.4 cm³/mol. The summed E-state index contributed by atoms with van der Waals surface area (Å²) in [7, 11) is 0. The highest BCUT2D eigenvalue weighted by Gasteiger charge is 2.16. The predicted octanol–water partition coefficient (Wildman–Crippen LogP) is 3.02. The number of benzene rings is 1. The van der Waals surface area contributed by atoms with Crippen molar-refractivity contribution >= 4 is 17.5 Å². The highest BCUT2D eigenvalue weighted by atomic mass is 35.5. The lowest BCUT2D eigenvalue weighted by Crippen LogP contribution is -2.40. The molecule has 3 nitrogen and oxygen atoms in total.